The average Bonchev–Trinajstić information content (AvgIpc) is 2.45. The van der Waals surface area contributed by atoms with Gasteiger partial charge in [0.25, 0.3) is 0 Å². The molecular formula is C15H29NO5. The molecule has 0 aliphatic rings. The lowest BCUT2D eigenvalue weighted by Gasteiger charge is -2.22. The third kappa shape index (κ3) is 8.02. The first-order valence-electron chi connectivity index (χ1n) is 7.79. The summed E-state index contributed by atoms with van der Waals surface area (Å²) in [4.78, 5) is 23.1. The van der Waals surface area contributed by atoms with E-state index in [-0.39, 0.29) is 19.6 Å². The van der Waals surface area contributed by atoms with Crippen molar-refractivity contribution in [1.29, 1.82) is 0 Å². The molecule has 6 nitrogen and oxygen atoms in total. The molecule has 0 amide bonds. The molecule has 0 fully saturated rings. The van der Waals surface area contributed by atoms with Crippen LogP contribution in [0, 0.1) is 0 Å². The van der Waals surface area contributed by atoms with Crippen molar-refractivity contribution in [2.75, 3.05) is 13.2 Å². The normalized spacial score (nSPS) is 13.7. The zero-order valence-electron chi connectivity index (χ0n) is 13.0. The van der Waals surface area contributed by atoms with Gasteiger partial charge in [0.15, 0.2) is 0 Å². The van der Waals surface area contributed by atoms with E-state index >= 15 is 0 Å². The summed E-state index contributed by atoms with van der Waals surface area (Å²) in [6.45, 7) is 2.37. The number of carbonyl (C=O) groups is 2. The number of carboxylic acids is 1. The third-order valence-corrected chi connectivity index (χ3v) is 3.46. The first-order valence-corrected chi connectivity index (χ1v) is 7.79. The summed E-state index contributed by atoms with van der Waals surface area (Å²) >= 11 is 0. The van der Waals surface area contributed by atoms with Gasteiger partial charge in [-0.3, -0.25) is 0 Å². The van der Waals surface area contributed by atoms with E-state index in [4.69, 9.17) is 15.6 Å². The smallest absolute Gasteiger partial charge is 0.337 e. The highest BCUT2D eigenvalue weighted by Crippen LogP contribution is 2.17. The zero-order valence-corrected chi connectivity index (χ0v) is 13.0. The number of unbranched alkanes of at least 4 members (excludes halogenated alkanes) is 6. The Kier molecular flexibility index (Phi) is 10.9. The number of aliphatic hydroxyl groups excluding tert-OH is 1. The number of nitrogens with two attached hydrogens (primary N) is 1. The van der Waals surface area contributed by atoms with Crippen molar-refractivity contribution in [3.63, 3.8) is 0 Å². The van der Waals surface area contributed by atoms with E-state index in [9.17, 15) is 14.7 Å². The molecule has 0 saturated carbocycles. The van der Waals surface area contributed by atoms with Crippen LogP contribution in [0.25, 0.3) is 0 Å². The second kappa shape index (κ2) is 11.5. The van der Waals surface area contributed by atoms with Crippen LogP contribution in [0.1, 0.15) is 64.7 Å². The standard InChI is InChI=1S/C15H29NO5/c1-2-3-12-21-14(20)15(16,13(18)19)10-8-6-4-5-7-9-11-17/h17H,2-12,16H2,1H3,(H,18,19). The van der Waals surface area contributed by atoms with Crippen LogP contribution < -0.4 is 5.73 Å². The highest BCUT2D eigenvalue weighted by Gasteiger charge is 2.43. The fourth-order valence-electron chi connectivity index (χ4n) is 1.96. The van der Waals surface area contributed by atoms with Gasteiger partial charge in [-0.05, 0) is 19.3 Å². The maximum Gasteiger partial charge on any atom is 0.337 e. The minimum atomic E-state index is -1.93. The lowest BCUT2D eigenvalue weighted by atomic mass is 9.93. The van der Waals surface area contributed by atoms with Crippen LogP contribution in [0.4, 0.5) is 0 Å². The molecule has 0 spiro atoms. The minimum absolute atomic E-state index is 0.0906. The van der Waals surface area contributed by atoms with Crippen LogP contribution in [0.15, 0.2) is 0 Å². The van der Waals surface area contributed by atoms with Gasteiger partial charge in [-0.25, -0.2) is 9.59 Å². The van der Waals surface area contributed by atoms with Crippen LogP contribution in [0.2, 0.25) is 0 Å². The van der Waals surface area contributed by atoms with E-state index in [1.807, 2.05) is 6.92 Å². The van der Waals surface area contributed by atoms with E-state index in [1.54, 1.807) is 0 Å². The van der Waals surface area contributed by atoms with Crippen molar-refractivity contribution in [2.45, 2.75) is 70.3 Å². The molecule has 0 bridgehead atoms. The van der Waals surface area contributed by atoms with Gasteiger partial charge in [-0.15, -0.1) is 0 Å². The first kappa shape index (κ1) is 19.9. The number of carboxylic acid groups (broad SMARTS) is 1. The average molecular weight is 303 g/mol. The number of carbonyl (C=O) groups excluding carboxylic acids is 1. The molecule has 0 aromatic carbocycles. The Labute approximate surface area is 126 Å². The SMILES string of the molecule is CCCCOC(=O)C(N)(CCCCCCCCO)C(=O)O. The molecule has 0 saturated heterocycles. The molecule has 124 valence electrons. The first-order chi connectivity index (χ1) is 9.99. The van der Waals surface area contributed by atoms with E-state index in [0.717, 1.165) is 38.5 Å². The summed E-state index contributed by atoms with van der Waals surface area (Å²) < 4.78 is 4.95. The fourth-order valence-corrected chi connectivity index (χ4v) is 1.96. The van der Waals surface area contributed by atoms with E-state index in [1.165, 1.54) is 0 Å². The van der Waals surface area contributed by atoms with Gasteiger partial charge in [-0.2, -0.15) is 0 Å². The van der Waals surface area contributed by atoms with Crippen molar-refractivity contribution in [1.82, 2.24) is 0 Å². The molecular weight excluding hydrogens is 274 g/mol. The summed E-state index contributed by atoms with van der Waals surface area (Å²) in [6, 6.07) is 0. The van der Waals surface area contributed by atoms with Gasteiger partial charge in [-0.1, -0.05) is 45.4 Å². The Morgan fingerprint density at radius 1 is 1.05 bits per heavy atom. The Morgan fingerprint density at radius 3 is 2.14 bits per heavy atom. The summed E-state index contributed by atoms with van der Waals surface area (Å²) in [6.07, 6.45) is 6.74. The summed E-state index contributed by atoms with van der Waals surface area (Å²) in [7, 11) is 0. The lowest BCUT2D eigenvalue weighted by Crippen LogP contribution is -2.55. The number of hydrogen-bond acceptors (Lipinski definition) is 5. The molecule has 21 heavy (non-hydrogen) atoms. The minimum Gasteiger partial charge on any atom is -0.479 e. The molecule has 0 rings (SSSR count). The Bertz CT molecular complexity index is 308. The van der Waals surface area contributed by atoms with Gasteiger partial charge in [0.2, 0.25) is 5.54 Å². The topological polar surface area (TPSA) is 110 Å². The van der Waals surface area contributed by atoms with E-state index in [2.05, 4.69) is 0 Å². The number of esters is 1. The van der Waals surface area contributed by atoms with Crippen molar-refractivity contribution >= 4 is 11.9 Å². The number of ether oxygens (including phenoxy) is 1. The molecule has 0 aliphatic heterocycles. The predicted molar refractivity (Wildman–Crippen MR) is 79.8 cm³/mol. The highest BCUT2D eigenvalue weighted by molar-refractivity contribution is 6.03. The van der Waals surface area contributed by atoms with Crippen molar-refractivity contribution in [3.05, 3.63) is 0 Å². The van der Waals surface area contributed by atoms with Gasteiger partial charge >= 0.3 is 11.9 Å². The lowest BCUT2D eigenvalue weighted by molar-refractivity contribution is -0.161. The molecule has 0 aromatic rings. The van der Waals surface area contributed by atoms with Crippen LogP contribution in [-0.2, 0) is 14.3 Å². The van der Waals surface area contributed by atoms with Crippen LogP contribution in [0.3, 0.4) is 0 Å². The fraction of sp³-hybridized carbons (Fsp3) is 0.867. The van der Waals surface area contributed by atoms with Crippen molar-refractivity contribution < 1.29 is 24.5 Å². The maximum absolute atomic E-state index is 11.8. The Hall–Kier alpha value is -1.14. The second-order valence-electron chi connectivity index (χ2n) is 5.36. The van der Waals surface area contributed by atoms with Crippen LogP contribution in [-0.4, -0.2) is 40.9 Å². The van der Waals surface area contributed by atoms with Crippen molar-refractivity contribution in [3.8, 4) is 0 Å². The van der Waals surface area contributed by atoms with Crippen LogP contribution >= 0.6 is 0 Å². The quantitative estimate of drug-likeness (QED) is 0.272. The van der Waals surface area contributed by atoms with Gasteiger partial charge in [0.1, 0.15) is 0 Å². The summed E-state index contributed by atoms with van der Waals surface area (Å²) in [5.74, 6) is -2.17. The molecule has 0 heterocycles. The van der Waals surface area contributed by atoms with E-state index in [0.29, 0.717) is 12.8 Å². The monoisotopic (exact) mass is 303 g/mol. The number of hydrogen-bond donors (Lipinski definition) is 3. The number of aliphatic hydroxyl groups is 1. The van der Waals surface area contributed by atoms with Gasteiger partial charge < -0.3 is 20.7 Å². The number of rotatable bonds is 13. The Balaban J connectivity index is 4.09. The molecule has 0 radical (unpaired) electrons. The molecule has 0 aromatic heterocycles. The summed E-state index contributed by atoms with van der Waals surface area (Å²) in [5, 5.41) is 17.8. The van der Waals surface area contributed by atoms with Gasteiger partial charge in [0.05, 0.1) is 6.61 Å². The zero-order chi connectivity index (χ0) is 16.1. The number of aliphatic carboxylic acids is 1. The van der Waals surface area contributed by atoms with Crippen LogP contribution in [0.5, 0.6) is 0 Å². The molecule has 6 heteroatoms. The second-order valence-corrected chi connectivity index (χ2v) is 5.36. The highest BCUT2D eigenvalue weighted by atomic mass is 16.5. The molecule has 4 N–H and O–H groups in total. The van der Waals surface area contributed by atoms with E-state index < -0.39 is 17.5 Å². The van der Waals surface area contributed by atoms with Gasteiger partial charge in [0, 0.05) is 6.61 Å². The predicted octanol–water partition coefficient (Wildman–Crippen LogP) is 1.83. The summed E-state index contributed by atoms with van der Waals surface area (Å²) in [5.41, 5.74) is 3.79. The molecule has 1 unspecified atom stereocenters. The molecule has 0 aliphatic carbocycles. The maximum atomic E-state index is 11.8. The van der Waals surface area contributed by atoms with Crippen molar-refractivity contribution in [2.24, 2.45) is 5.73 Å². The Morgan fingerprint density at radius 2 is 1.62 bits per heavy atom. The largest absolute Gasteiger partial charge is 0.479 e. The molecule has 1 atom stereocenters. The third-order valence-electron chi connectivity index (χ3n) is 3.46.